The molecule has 2 N–H and O–H groups in total. The summed E-state index contributed by atoms with van der Waals surface area (Å²) in [5.41, 5.74) is 5.82. The molecule has 0 aromatic carbocycles. The summed E-state index contributed by atoms with van der Waals surface area (Å²) in [6, 6.07) is 0.450. The van der Waals surface area contributed by atoms with Crippen LogP contribution in [0.5, 0.6) is 0 Å². The smallest absolute Gasteiger partial charge is 0.0580 e. The normalized spacial score (nSPS) is 37.8. The third kappa shape index (κ3) is 1.99. The lowest BCUT2D eigenvalue weighted by molar-refractivity contribution is -0.0660. The first-order valence-corrected chi connectivity index (χ1v) is 5.25. The van der Waals surface area contributed by atoms with Crippen LogP contribution in [-0.4, -0.2) is 18.2 Å². The highest BCUT2D eigenvalue weighted by atomic mass is 16.5. The van der Waals surface area contributed by atoms with Gasteiger partial charge in [0.1, 0.15) is 0 Å². The SMILES string of the molecule is NC1CCC(OC2CCC2)CC1. The maximum atomic E-state index is 5.92. The van der Waals surface area contributed by atoms with Gasteiger partial charge >= 0.3 is 0 Å². The summed E-state index contributed by atoms with van der Waals surface area (Å²) in [6.45, 7) is 0. The molecule has 12 heavy (non-hydrogen) atoms. The van der Waals surface area contributed by atoms with Gasteiger partial charge in [0.15, 0.2) is 0 Å². The van der Waals surface area contributed by atoms with Crippen LogP contribution in [0.25, 0.3) is 0 Å². The summed E-state index contributed by atoms with van der Waals surface area (Å²) in [7, 11) is 0. The molecule has 2 saturated carbocycles. The summed E-state index contributed by atoms with van der Waals surface area (Å²) in [6.07, 6.45) is 9.81. The summed E-state index contributed by atoms with van der Waals surface area (Å²) < 4.78 is 5.92. The average molecular weight is 169 g/mol. The summed E-state index contributed by atoms with van der Waals surface area (Å²) in [5, 5.41) is 0. The number of hydrogen-bond acceptors (Lipinski definition) is 2. The minimum absolute atomic E-state index is 0.450. The molecule has 2 nitrogen and oxygen atoms in total. The molecule has 0 aromatic heterocycles. The standard InChI is InChI=1S/C10H19NO/c11-8-4-6-10(7-5-8)12-9-2-1-3-9/h8-10H,1-7,11H2. The molecule has 2 fully saturated rings. The minimum Gasteiger partial charge on any atom is -0.375 e. The van der Waals surface area contributed by atoms with Crippen LogP contribution >= 0.6 is 0 Å². The molecular weight excluding hydrogens is 150 g/mol. The highest BCUT2D eigenvalue weighted by Crippen LogP contribution is 2.28. The predicted octanol–water partition coefficient (Wildman–Crippen LogP) is 1.83. The van der Waals surface area contributed by atoms with Gasteiger partial charge in [0, 0.05) is 6.04 Å². The fraction of sp³-hybridized carbons (Fsp3) is 1.00. The Balaban J connectivity index is 1.67. The van der Waals surface area contributed by atoms with Gasteiger partial charge in [-0.2, -0.15) is 0 Å². The summed E-state index contributed by atoms with van der Waals surface area (Å²) in [5.74, 6) is 0. The van der Waals surface area contributed by atoms with E-state index < -0.39 is 0 Å². The van der Waals surface area contributed by atoms with Crippen LogP contribution < -0.4 is 5.73 Å². The molecule has 0 saturated heterocycles. The Morgan fingerprint density at radius 2 is 1.42 bits per heavy atom. The van der Waals surface area contributed by atoms with Crippen LogP contribution in [0, 0.1) is 0 Å². The van der Waals surface area contributed by atoms with Crippen LogP contribution in [0.2, 0.25) is 0 Å². The van der Waals surface area contributed by atoms with Crippen molar-refractivity contribution < 1.29 is 4.74 Å². The number of ether oxygens (including phenoxy) is 1. The Labute approximate surface area is 74.5 Å². The van der Waals surface area contributed by atoms with Crippen molar-refractivity contribution in [3.05, 3.63) is 0 Å². The largest absolute Gasteiger partial charge is 0.375 e. The first kappa shape index (κ1) is 8.52. The van der Waals surface area contributed by atoms with E-state index in [2.05, 4.69) is 0 Å². The fourth-order valence-corrected chi connectivity index (χ4v) is 2.00. The lowest BCUT2D eigenvalue weighted by Crippen LogP contribution is -2.34. The van der Waals surface area contributed by atoms with Crippen molar-refractivity contribution in [3.63, 3.8) is 0 Å². The topological polar surface area (TPSA) is 35.2 Å². The zero-order valence-electron chi connectivity index (χ0n) is 7.67. The van der Waals surface area contributed by atoms with E-state index in [9.17, 15) is 0 Å². The van der Waals surface area contributed by atoms with Crippen LogP contribution in [0.4, 0.5) is 0 Å². The zero-order valence-corrected chi connectivity index (χ0v) is 7.67. The Bertz CT molecular complexity index is 137. The molecule has 0 radical (unpaired) electrons. The van der Waals surface area contributed by atoms with Gasteiger partial charge in [0.2, 0.25) is 0 Å². The van der Waals surface area contributed by atoms with E-state index in [0.29, 0.717) is 18.2 Å². The number of hydrogen-bond donors (Lipinski definition) is 1. The first-order chi connectivity index (χ1) is 5.84. The first-order valence-electron chi connectivity index (χ1n) is 5.25. The van der Waals surface area contributed by atoms with Crippen molar-refractivity contribution >= 4 is 0 Å². The monoisotopic (exact) mass is 169 g/mol. The van der Waals surface area contributed by atoms with Crippen LogP contribution in [0.15, 0.2) is 0 Å². The van der Waals surface area contributed by atoms with Gasteiger partial charge in [-0.25, -0.2) is 0 Å². The highest BCUT2D eigenvalue weighted by molar-refractivity contribution is 4.78. The van der Waals surface area contributed by atoms with Crippen molar-refractivity contribution in [1.29, 1.82) is 0 Å². The Hall–Kier alpha value is -0.0800. The lowest BCUT2D eigenvalue weighted by Gasteiger charge is -2.33. The van der Waals surface area contributed by atoms with Crippen LogP contribution in [0.1, 0.15) is 44.9 Å². The van der Waals surface area contributed by atoms with Gasteiger partial charge in [0.05, 0.1) is 12.2 Å². The molecule has 2 aliphatic rings. The van der Waals surface area contributed by atoms with Crippen molar-refractivity contribution in [1.82, 2.24) is 0 Å². The minimum atomic E-state index is 0.450. The van der Waals surface area contributed by atoms with E-state index in [1.54, 1.807) is 0 Å². The van der Waals surface area contributed by atoms with Crippen molar-refractivity contribution in [2.75, 3.05) is 0 Å². The second-order valence-electron chi connectivity index (χ2n) is 4.23. The van der Waals surface area contributed by atoms with Crippen molar-refractivity contribution in [2.45, 2.75) is 63.2 Å². The van der Waals surface area contributed by atoms with Crippen LogP contribution in [0.3, 0.4) is 0 Å². The molecule has 0 bridgehead atoms. The lowest BCUT2D eigenvalue weighted by atomic mass is 9.91. The second-order valence-corrected chi connectivity index (χ2v) is 4.23. The van der Waals surface area contributed by atoms with Crippen molar-refractivity contribution in [3.8, 4) is 0 Å². The van der Waals surface area contributed by atoms with Gasteiger partial charge < -0.3 is 10.5 Å². The molecule has 0 atom stereocenters. The summed E-state index contributed by atoms with van der Waals surface area (Å²) >= 11 is 0. The third-order valence-corrected chi connectivity index (χ3v) is 3.16. The van der Waals surface area contributed by atoms with E-state index in [4.69, 9.17) is 10.5 Å². The van der Waals surface area contributed by atoms with E-state index in [0.717, 1.165) is 12.8 Å². The summed E-state index contributed by atoms with van der Waals surface area (Å²) in [4.78, 5) is 0. The second kappa shape index (κ2) is 3.75. The Kier molecular flexibility index (Phi) is 2.66. The maximum absolute atomic E-state index is 5.92. The molecule has 0 spiro atoms. The van der Waals surface area contributed by atoms with Crippen LogP contribution in [-0.2, 0) is 4.74 Å². The molecule has 0 unspecified atom stereocenters. The van der Waals surface area contributed by atoms with E-state index in [1.165, 1.54) is 32.1 Å². The third-order valence-electron chi connectivity index (χ3n) is 3.16. The van der Waals surface area contributed by atoms with E-state index >= 15 is 0 Å². The molecular formula is C10H19NO. The van der Waals surface area contributed by atoms with E-state index in [-0.39, 0.29) is 0 Å². The molecule has 2 rings (SSSR count). The van der Waals surface area contributed by atoms with Crippen molar-refractivity contribution in [2.24, 2.45) is 5.73 Å². The molecule has 0 amide bonds. The molecule has 2 heteroatoms. The van der Waals surface area contributed by atoms with E-state index in [1.807, 2.05) is 0 Å². The number of nitrogens with two attached hydrogens (primary N) is 1. The Morgan fingerprint density at radius 1 is 0.833 bits per heavy atom. The molecule has 2 aliphatic carbocycles. The average Bonchev–Trinajstić information content (AvgIpc) is 2.00. The predicted molar refractivity (Wildman–Crippen MR) is 49.0 cm³/mol. The maximum Gasteiger partial charge on any atom is 0.0580 e. The molecule has 0 aromatic rings. The van der Waals surface area contributed by atoms with Gasteiger partial charge in [0.25, 0.3) is 0 Å². The van der Waals surface area contributed by atoms with Gasteiger partial charge in [-0.1, -0.05) is 0 Å². The quantitative estimate of drug-likeness (QED) is 0.684. The highest BCUT2D eigenvalue weighted by Gasteiger charge is 2.25. The molecule has 0 aliphatic heterocycles. The number of rotatable bonds is 2. The Morgan fingerprint density at radius 3 is 1.92 bits per heavy atom. The zero-order chi connectivity index (χ0) is 8.39. The molecule has 70 valence electrons. The molecule has 0 heterocycles. The van der Waals surface area contributed by atoms with Gasteiger partial charge in [-0.05, 0) is 44.9 Å². The van der Waals surface area contributed by atoms with Gasteiger partial charge in [-0.3, -0.25) is 0 Å². The van der Waals surface area contributed by atoms with Gasteiger partial charge in [-0.15, -0.1) is 0 Å². The fourth-order valence-electron chi connectivity index (χ4n) is 2.00.